The van der Waals surface area contributed by atoms with Gasteiger partial charge in [-0.15, -0.1) is 0 Å². The van der Waals surface area contributed by atoms with Crippen molar-refractivity contribution in [1.82, 2.24) is 9.97 Å². The van der Waals surface area contributed by atoms with E-state index in [-0.39, 0.29) is 0 Å². The first-order valence-electron chi connectivity index (χ1n) is 10.5. The van der Waals surface area contributed by atoms with Crippen LogP contribution in [0.5, 0.6) is 5.75 Å². The van der Waals surface area contributed by atoms with Crippen molar-refractivity contribution in [3.05, 3.63) is 48.0 Å². The van der Waals surface area contributed by atoms with Crippen LogP contribution in [0.1, 0.15) is 88.9 Å². The number of hydrogen-bond donors (Lipinski definition) is 1. The van der Waals surface area contributed by atoms with Crippen LogP contribution in [0.3, 0.4) is 0 Å². The van der Waals surface area contributed by atoms with Crippen molar-refractivity contribution in [2.45, 2.75) is 84.0 Å². The number of ether oxygens (including phenoxy) is 1. The van der Waals surface area contributed by atoms with Gasteiger partial charge in [0.1, 0.15) is 11.6 Å². The summed E-state index contributed by atoms with van der Waals surface area (Å²) in [6.07, 6.45) is 16.2. The molecule has 3 nitrogen and oxygen atoms in total. The molecule has 0 bridgehead atoms. The maximum atomic E-state index is 5.86. The zero-order chi connectivity index (χ0) is 18.5. The Morgan fingerprint density at radius 1 is 0.962 bits per heavy atom. The number of H-pyrrole nitrogens is 1. The minimum atomic E-state index is 0.613. The third kappa shape index (κ3) is 8.07. The number of aromatic nitrogens is 2. The molecule has 3 heteroatoms. The van der Waals surface area contributed by atoms with E-state index >= 15 is 0 Å². The van der Waals surface area contributed by atoms with Crippen LogP contribution < -0.4 is 4.74 Å². The highest BCUT2D eigenvalue weighted by atomic mass is 16.5. The number of nitrogens with zero attached hydrogens (tertiary/aromatic N) is 1. The molecule has 0 aliphatic rings. The second kappa shape index (κ2) is 12.6. The molecule has 0 radical (unpaired) electrons. The summed E-state index contributed by atoms with van der Waals surface area (Å²) >= 11 is 0. The predicted octanol–water partition coefficient (Wildman–Crippen LogP) is 6.67. The Labute approximate surface area is 159 Å². The first-order chi connectivity index (χ1) is 12.8. The summed E-state index contributed by atoms with van der Waals surface area (Å²) in [6.45, 7) is 5.42. The minimum Gasteiger partial charge on any atom is -0.494 e. The normalized spacial score (nSPS) is 12.2. The molecule has 1 heterocycles. The molecular weight excluding hydrogens is 320 g/mol. The smallest absolute Gasteiger partial charge is 0.119 e. The molecular formula is C23H36N2O. The number of imidazole rings is 1. The van der Waals surface area contributed by atoms with E-state index in [0.29, 0.717) is 5.92 Å². The lowest BCUT2D eigenvalue weighted by molar-refractivity contribution is 0.304. The zero-order valence-electron chi connectivity index (χ0n) is 16.7. The van der Waals surface area contributed by atoms with Crippen LogP contribution in [0, 0.1) is 0 Å². The lowest BCUT2D eigenvalue weighted by Crippen LogP contribution is -1.98. The molecule has 1 unspecified atom stereocenters. The van der Waals surface area contributed by atoms with E-state index in [2.05, 4.69) is 48.1 Å². The van der Waals surface area contributed by atoms with Crippen LogP contribution >= 0.6 is 0 Å². The zero-order valence-corrected chi connectivity index (χ0v) is 16.7. The van der Waals surface area contributed by atoms with Crippen molar-refractivity contribution < 1.29 is 4.74 Å². The van der Waals surface area contributed by atoms with Crippen molar-refractivity contribution in [2.24, 2.45) is 0 Å². The third-order valence-corrected chi connectivity index (χ3v) is 5.07. The standard InChI is InChI=1S/C23H36N2O/c1-3-4-5-6-10-19-26-22-15-13-21(14-16-22)20(2)11-8-7-9-12-23-24-17-18-25-23/h13-18,20H,3-12,19H2,1-2H3,(H,24,25). The van der Waals surface area contributed by atoms with Gasteiger partial charge in [0.15, 0.2) is 0 Å². The van der Waals surface area contributed by atoms with Crippen LogP contribution in [-0.4, -0.2) is 16.6 Å². The van der Waals surface area contributed by atoms with Gasteiger partial charge in [0.2, 0.25) is 0 Å². The van der Waals surface area contributed by atoms with Crippen molar-refractivity contribution in [2.75, 3.05) is 6.61 Å². The Balaban J connectivity index is 1.57. The second-order valence-electron chi connectivity index (χ2n) is 7.37. The van der Waals surface area contributed by atoms with Crippen LogP contribution in [0.4, 0.5) is 0 Å². The van der Waals surface area contributed by atoms with E-state index in [1.165, 1.54) is 56.9 Å². The Kier molecular flexibility index (Phi) is 9.92. The molecule has 0 spiro atoms. The first-order valence-corrected chi connectivity index (χ1v) is 10.5. The van der Waals surface area contributed by atoms with Gasteiger partial charge in [0.25, 0.3) is 0 Å². The summed E-state index contributed by atoms with van der Waals surface area (Å²) in [7, 11) is 0. The molecule has 1 N–H and O–H groups in total. The first kappa shape index (κ1) is 20.5. The minimum absolute atomic E-state index is 0.613. The maximum Gasteiger partial charge on any atom is 0.119 e. The quantitative estimate of drug-likeness (QED) is 0.384. The number of rotatable bonds is 14. The Bertz CT molecular complexity index is 562. The van der Waals surface area contributed by atoms with E-state index in [4.69, 9.17) is 4.74 Å². The van der Waals surface area contributed by atoms with Gasteiger partial charge in [0, 0.05) is 18.8 Å². The van der Waals surface area contributed by atoms with Gasteiger partial charge in [0.05, 0.1) is 6.61 Å². The highest BCUT2D eigenvalue weighted by Gasteiger charge is 2.06. The van der Waals surface area contributed by atoms with Gasteiger partial charge in [-0.25, -0.2) is 4.98 Å². The van der Waals surface area contributed by atoms with Crippen molar-refractivity contribution in [3.63, 3.8) is 0 Å². The number of aromatic amines is 1. The number of nitrogens with one attached hydrogen (secondary N) is 1. The molecule has 0 saturated carbocycles. The van der Waals surface area contributed by atoms with Crippen LogP contribution in [0.15, 0.2) is 36.7 Å². The highest BCUT2D eigenvalue weighted by Crippen LogP contribution is 2.24. The Morgan fingerprint density at radius 3 is 2.46 bits per heavy atom. The van der Waals surface area contributed by atoms with Crippen molar-refractivity contribution in [1.29, 1.82) is 0 Å². The molecule has 26 heavy (non-hydrogen) atoms. The summed E-state index contributed by atoms with van der Waals surface area (Å²) in [6, 6.07) is 8.74. The fourth-order valence-electron chi connectivity index (χ4n) is 3.31. The number of benzene rings is 1. The number of unbranched alkanes of at least 4 members (excludes halogenated alkanes) is 6. The Morgan fingerprint density at radius 2 is 1.73 bits per heavy atom. The third-order valence-electron chi connectivity index (χ3n) is 5.07. The van der Waals surface area contributed by atoms with Gasteiger partial charge in [-0.1, -0.05) is 64.5 Å². The van der Waals surface area contributed by atoms with E-state index in [1.807, 2.05) is 12.4 Å². The molecule has 0 amide bonds. The summed E-state index contributed by atoms with van der Waals surface area (Å²) in [5.74, 6) is 2.73. The van der Waals surface area contributed by atoms with Crippen molar-refractivity contribution >= 4 is 0 Å². The topological polar surface area (TPSA) is 37.9 Å². The average molecular weight is 357 g/mol. The van der Waals surface area contributed by atoms with Gasteiger partial charge in [-0.05, 0) is 42.9 Å². The average Bonchev–Trinajstić information content (AvgIpc) is 3.18. The van der Waals surface area contributed by atoms with Crippen LogP contribution in [0.25, 0.3) is 0 Å². The highest BCUT2D eigenvalue weighted by molar-refractivity contribution is 5.29. The molecule has 0 aliphatic heterocycles. The van der Waals surface area contributed by atoms with Crippen LogP contribution in [0.2, 0.25) is 0 Å². The maximum absolute atomic E-state index is 5.86. The number of hydrogen-bond acceptors (Lipinski definition) is 2. The molecule has 1 aromatic carbocycles. The molecule has 2 rings (SSSR count). The van der Waals surface area contributed by atoms with E-state index < -0.39 is 0 Å². The fourth-order valence-corrected chi connectivity index (χ4v) is 3.31. The lowest BCUT2D eigenvalue weighted by Gasteiger charge is -2.13. The summed E-state index contributed by atoms with van der Waals surface area (Å²) < 4.78 is 5.86. The summed E-state index contributed by atoms with van der Waals surface area (Å²) in [5, 5.41) is 0. The SMILES string of the molecule is CCCCCCCOc1ccc(C(C)CCCCCc2ncc[nH]2)cc1. The van der Waals surface area contributed by atoms with E-state index in [9.17, 15) is 0 Å². The molecule has 0 saturated heterocycles. The van der Waals surface area contributed by atoms with Gasteiger partial charge >= 0.3 is 0 Å². The number of aryl methyl sites for hydroxylation is 1. The molecule has 0 aliphatic carbocycles. The van der Waals surface area contributed by atoms with Crippen LogP contribution in [-0.2, 0) is 6.42 Å². The summed E-state index contributed by atoms with van der Waals surface area (Å²) in [5.41, 5.74) is 1.42. The van der Waals surface area contributed by atoms with Crippen molar-refractivity contribution in [3.8, 4) is 5.75 Å². The molecule has 1 atom stereocenters. The molecule has 0 fully saturated rings. The molecule has 1 aromatic heterocycles. The van der Waals surface area contributed by atoms with E-state index in [0.717, 1.165) is 31.0 Å². The van der Waals surface area contributed by atoms with Gasteiger partial charge in [-0.3, -0.25) is 0 Å². The molecule has 2 aromatic rings. The summed E-state index contributed by atoms with van der Waals surface area (Å²) in [4.78, 5) is 7.45. The predicted molar refractivity (Wildman–Crippen MR) is 110 cm³/mol. The second-order valence-corrected chi connectivity index (χ2v) is 7.37. The lowest BCUT2D eigenvalue weighted by atomic mass is 9.95. The molecule has 144 valence electrons. The van der Waals surface area contributed by atoms with Gasteiger partial charge < -0.3 is 9.72 Å². The Hall–Kier alpha value is -1.77. The van der Waals surface area contributed by atoms with Gasteiger partial charge in [-0.2, -0.15) is 0 Å². The van der Waals surface area contributed by atoms with E-state index in [1.54, 1.807) is 0 Å². The fraction of sp³-hybridized carbons (Fsp3) is 0.609. The largest absolute Gasteiger partial charge is 0.494 e. The monoisotopic (exact) mass is 356 g/mol.